The first kappa shape index (κ1) is 11.7. The fourth-order valence-electron chi connectivity index (χ4n) is 2.18. The molecule has 3 nitrogen and oxygen atoms in total. The minimum Gasteiger partial charge on any atom is -0.506 e. The van der Waals surface area contributed by atoms with Gasteiger partial charge in [-0.2, -0.15) is 0 Å². The van der Waals surface area contributed by atoms with Gasteiger partial charge in [0.15, 0.2) is 0 Å². The van der Waals surface area contributed by atoms with Crippen LogP contribution in [0.4, 0.5) is 0 Å². The molecule has 3 aromatic rings. The van der Waals surface area contributed by atoms with Gasteiger partial charge in [-0.15, -0.1) is 0 Å². The number of nitrogens with zero attached hydrogens (tertiary/aromatic N) is 1. The van der Waals surface area contributed by atoms with E-state index in [0.29, 0.717) is 6.61 Å². The molecule has 0 radical (unpaired) electrons. The average Bonchev–Trinajstić information content (AvgIpc) is 2.73. The third kappa shape index (κ3) is 2.27. The number of aryl methyl sites for hydroxylation is 1. The van der Waals surface area contributed by atoms with Gasteiger partial charge < -0.3 is 14.4 Å². The second-order valence-corrected chi connectivity index (χ2v) is 4.58. The summed E-state index contributed by atoms with van der Waals surface area (Å²) in [6, 6.07) is 15.8. The monoisotopic (exact) mass is 253 g/mol. The van der Waals surface area contributed by atoms with E-state index in [2.05, 4.69) is 0 Å². The third-order valence-electron chi connectivity index (χ3n) is 3.19. The quantitative estimate of drug-likeness (QED) is 0.775. The first-order valence-electron chi connectivity index (χ1n) is 6.19. The fourth-order valence-corrected chi connectivity index (χ4v) is 2.18. The number of rotatable bonds is 3. The maximum Gasteiger partial charge on any atom is 0.141 e. The Hall–Kier alpha value is -2.42. The SMILES string of the molecule is Cn1cc(O)c2cc(OCc3ccccc3)ccc21. The topological polar surface area (TPSA) is 34.4 Å². The number of hydrogen-bond acceptors (Lipinski definition) is 2. The molecule has 1 aromatic heterocycles. The van der Waals surface area contributed by atoms with Gasteiger partial charge in [0.25, 0.3) is 0 Å². The van der Waals surface area contributed by atoms with Gasteiger partial charge in [0.2, 0.25) is 0 Å². The molecule has 0 bridgehead atoms. The zero-order valence-corrected chi connectivity index (χ0v) is 10.7. The van der Waals surface area contributed by atoms with E-state index in [1.54, 1.807) is 6.20 Å². The van der Waals surface area contributed by atoms with Crippen LogP contribution in [0.1, 0.15) is 5.56 Å². The molecule has 19 heavy (non-hydrogen) atoms. The highest BCUT2D eigenvalue weighted by molar-refractivity contribution is 5.87. The lowest BCUT2D eigenvalue weighted by Gasteiger charge is -2.06. The van der Waals surface area contributed by atoms with E-state index in [1.165, 1.54) is 0 Å². The summed E-state index contributed by atoms with van der Waals surface area (Å²) >= 11 is 0. The van der Waals surface area contributed by atoms with Crippen LogP contribution >= 0.6 is 0 Å². The second kappa shape index (κ2) is 4.69. The molecule has 1 N–H and O–H groups in total. The van der Waals surface area contributed by atoms with Crippen molar-refractivity contribution in [1.29, 1.82) is 0 Å². The summed E-state index contributed by atoms with van der Waals surface area (Å²) in [6.07, 6.45) is 1.70. The van der Waals surface area contributed by atoms with E-state index < -0.39 is 0 Å². The number of aromatic hydroxyl groups is 1. The van der Waals surface area contributed by atoms with Crippen molar-refractivity contribution < 1.29 is 9.84 Å². The molecule has 0 atom stereocenters. The van der Waals surface area contributed by atoms with Crippen molar-refractivity contribution in [2.75, 3.05) is 0 Å². The molecule has 0 saturated carbocycles. The lowest BCUT2D eigenvalue weighted by atomic mass is 10.2. The van der Waals surface area contributed by atoms with Crippen LogP contribution in [0, 0.1) is 0 Å². The van der Waals surface area contributed by atoms with E-state index in [4.69, 9.17) is 4.74 Å². The van der Waals surface area contributed by atoms with Crippen LogP contribution in [0.3, 0.4) is 0 Å². The van der Waals surface area contributed by atoms with Crippen molar-refractivity contribution in [2.24, 2.45) is 7.05 Å². The van der Waals surface area contributed by atoms with E-state index in [1.807, 2.05) is 60.1 Å². The Morgan fingerprint density at radius 3 is 2.68 bits per heavy atom. The maximum atomic E-state index is 9.83. The average molecular weight is 253 g/mol. The van der Waals surface area contributed by atoms with Crippen molar-refractivity contribution in [3.63, 3.8) is 0 Å². The van der Waals surface area contributed by atoms with Crippen LogP contribution in [0.2, 0.25) is 0 Å². The molecule has 3 rings (SSSR count). The number of aromatic nitrogens is 1. The molecule has 0 amide bonds. The largest absolute Gasteiger partial charge is 0.506 e. The summed E-state index contributed by atoms with van der Waals surface area (Å²) in [4.78, 5) is 0. The molecule has 2 aromatic carbocycles. The fraction of sp³-hybridized carbons (Fsp3) is 0.125. The Morgan fingerprint density at radius 1 is 1.11 bits per heavy atom. The zero-order valence-electron chi connectivity index (χ0n) is 10.7. The highest BCUT2D eigenvalue weighted by Gasteiger charge is 2.06. The van der Waals surface area contributed by atoms with Crippen molar-refractivity contribution in [2.45, 2.75) is 6.61 Å². The van der Waals surface area contributed by atoms with Crippen LogP contribution in [0.25, 0.3) is 10.9 Å². The molecule has 96 valence electrons. The van der Waals surface area contributed by atoms with Crippen LogP contribution in [0.15, 0.2) is 54.7 Å². The van der Waals surface area contributed by atoms with Gasteiger partial charge in [0.05, 0.1) is 5.52 Å². The highest BCUT2D eigenvalue weighted by Crippen LogP contribution is 2.29. The predicted molar refractivity (Wildman–Crippen MR) is 75.4 cm³/mol. The second-order valence-electron chi connectivity index (χ2n) is 4.58. The van der Waals surface area contributed by atoms with Crippen molar-refractivity contribution in [3.8, 4) is 11.5 Å². The first-order valence-corrected chi connectivity index (χ1v) is 6.19. The van der Waals surface area contributed by atoms with E-state index in [9.17, 15) is 5.11 Å². The lowest BCUT2D eigenvalue weighted by Crippen LogP contribution is -1.94. The van der Waals surface area contributed by atoms with E-state index in [-0.39, 0.29) is 5.75 Å². The third-order valence-corrected chi connectivity index (χ3v) is 3.19. The van der Waals surface area contributed by atoms with Gasteiger partial charge in [-0.05, 0) is 23.8 Å². The van der Waals surface area contributed by atoms with Crippen molar-refractivity contribution in [3.05, 3.63) is 60.3 Å². The van der Waals surface area contributed by atoms with Crippen molar-refractivity contribution >= 4 is 10.9 Å². The van der Waals surface area contributed by atoms with Gasteiger partial charge in [0, 0.05) is 18.6 Å². The molecule has 0 spiro atoms. The summed E-state index contributed by atoms with van der Waals surface area (Å²) in [5, 5.41) is 10.6. The first-order chi connectivity index (χ1) is 9.24. The van der Waals surface area contributed by atoms with Gasteiger partial charge in [-0.1, -0.05) is 30.3 Å². The standard InChI is InChI=1S/C16H15NO2/c1-17-10-16(18)14-9-13(7-8-15(14)17)19-11-12-5-3-2-4-6-12/h2-10,18H,11H2,1H3. The minimum absolute atomic E-state index is 0.280. The Kier molecular flexibility index (Phi) is 2.88. The number of ether oxygens (including phenoxy) is 1. The summed E-state index contributed by atoms with van der Waals surface area (Å²) in [6.45, 7) is 0.528. The molecule has 0 unspecified atom stereocenters. The molecule has 0 aliphatic carbocycles. The molecule has 0 saturated heterocycles. The number of hydrogen-bond donors (Lipinski definition) is 1. The van der Waals surface area contributed by atoms with E-state index in [0.717, 1.165) is 22.2 Å². The Labute approximate surface area is 111 Å². The molecule has 0 aliphatic rings. The zero-order chi connectivity index (χ0) is 13.2. The molecule has 3 heteroatoms. The Balaban J connectivity index is 1.84. The van der Waals surface area contributed by atoms with Crippen LogP contribution in [-0.2, 0) is 13.7 Å². The minimum atomic E-state index is 0.280. The van der Waals surface area contributed by atoms with Gasteiger partial charge in [-0.25, -0.2) is 0 Å². The Morgan fingerprint density at radius 2 is 1.89 bits per heavy atom. The molecular formula is C16H15NO2. The molecule has 0 aliphatic heterocycles. The van der Waals surface area contributed by atoms with Crippen LogP contribution in [-0.4, -0.2) is 9.67 Å². The molecular weight excluding hydrogens is 238 g/mol. The predicted octanol–water partition coefficient (Wildman–Crippen LogP) is 3.46. The number of fused-ring (bicyclic) bond motifs is 1. The van der Waals surface area contributed by atoms with Gasteiger partial charge >= 0.3 is 0 Å². The van der Waals surface area contributed by atoms with Crippen molar-refractivity contribution in [1.82, 2.24) is 4.57 Å². The smallest absolute Gasteiger partial charge is 0.141 e. The van der Waals surface area contributed by atoms with Gasteiger partial charge in [0.1, 0.15) is 18.1 Å². The summed E-state index contributed by atoms with van der Waals surface area (Å²) < 4.78 is 7.64. The highest BCUT2D eigenvalue weighted by atomic mass is 16.5. The Bertz CT molecular complexity index is 701. The maximum absolute atomic E-state index is 9.83. The van der Waals surface area contributed by atoms with Crippen LogP contribution in [0.5, 0.6) is 11.5 Å². The normalized spacial score (nSPS) is 10.8. The lowest BCUT2D eigenvalue weighted by molar-refractivity contribution is 0.306. The van der Waals surface area contributed by atoms with Gasteiger partial charge in [-0.3, -0.25) is 0 Å². The number of benzene rings is 2. The summed E-state index contributed by atoms with van der Waals surface area (Å²) in [5.41, 5.74) is 2.12. The molecule has 1 heterocycles. The molecule has 0 fully saturated rings. The summed E-state index contributed by atoms with van der Waals surface area (Å²) in [7, 11) is 1.91. The van der Waals surface area contributed by atoms with Crippen LogP contribution < -0.4 is 4.74 Å². The van der Waals surface area contributed by atoms with E-state index >= 15 is 0 Å². The summed E-state index contributed by atoms with van der Waals surface area (Å²) in [5.74, 6) is 1.04.